The molecule has 0 aliphatic carbocycles. The van der Waals surface area contributed by atoms with Crippen LogP contribution < -0.4 is 5.32 Å². The number of nitrogens with one attached hydrogen (secondary N) is 1. The van der Waals surface area contributed by atoms with Crippen molar-refractivity contribution in [3.8, 4) is 0 Å². The average molecular weight is 230 g/mol. The van der Waals surface area contributed by atoms with Gasteiger partial charge in [0.25, 0.3) is 5.91 Å². The summed E-state index contributed by atoms with van der Waals surface area (Å²) in [5, 5.41) is 11.2. The maximum Gasteiger partial charge on any atom is 0.338 e. The highest BCUT2D eigenvalue weighted by Gasteiger charge is 2.13. The van der Waals surface area contributed by atoms with Crippen molar-refractivity contribution in [1.82, 2.24) is 5.32 Å². The predicted molar refractivity (Wildman–Crippen MR) is 53.0 cm³/mol. The molecule has 0 bridgehead atoms. The first-order valence-electron chi connectivity index (χ1n) is 3.94. The molecular weight excluding hydrogens is 222 g/mol. The molecule has 1 aromatic heterocycles. The van der Waals surface area contributed by atoms with E-state index in [-0.39, 0.29) is 22.9 Å². The molecule has 5 nitrogen and oxygen atoms in total. The van der Waals surface area contributed by atoms with Crippen LogP contribution in [-0.4, -0.2) is 23.5 Å². The standard InChI is InChI=1S/C9H8ClNO4/c1-5(10)3-11-8(12)7-2-6(4-15-7)9(13)14/h2,4H,1,3H2,(H,11,12)(H,13,14). The van der Waals surface area contributed by atoms with Gasteiger partial charge in [-0.3, -0.25) is 4.79 Å². The highest BCUT2D eigenvalue weighted by atomic mass is 35.5. The summed E-state index contributed by atoms with van der Waals surface area (Å²) in [5.74, 6) is -1.77. The van der Waals surface area contributed by atoms with Gasteiger partial charge in [0, 0.05) is 11.1 Å². The topological polar surface area (TPSA) is 79.5 Å². The molecule has 80 valence electrons. The monoisotopic (exact) mass is 229 g/mol. The van der Waals surface area contributed by atoms with Crippen molar-refractivity contribution in [2.24, 2.45) is 0 Å². The van der Waals surface area contributed by atoms with E-state index >= 15 is 0 Å². The smallest absolute Gasteiger partial charge is 0.338 e. The van der Waals surface area contributed by atoms with Crippen LogP contribution >= 0.6 is 11.6 Å². The summed E-state index contributed by atoms with van der Waals surface area (Å²) in [7, 11) is 0. The normalized spacial score (nSPS) is 9.67. The molecule has 0 spiro atoms. The van der Waals surface area contributed by atoms with E-state index in [0.717, 1.165) is 12.3 Å². The second-order valence-electron chi connectivity index (χ2n) is 2.70. The zero-order chi connectivity index (χ0) is 11.4. The van der Waals surface area contributed by atoms with Gasteiger partial charge in [0.2, 0.25) is 0 Å². The third-order valence-electron chi connectivity index (χ3n) is 1.51. The lowest BCUT2D eigenvalue weighted by molar-refractivity contribution is 0.0696. The highest BCUT2D eigenvalue weighted by molar-refractivity contribution is 6.29. The minimum Gasteiger partial charge on any atom is -0.478 e. The van der Waals surface area contributed by atoms with Crippen molar-refractivity contribution in [2.45, 2.75) is 0 Å². The number of rotatable bonds is 4. The van der Waals surface area contributed by atoms with Gasteiger partial charge in [0.15, 0.2) is 5.76 Å². The van der Waals surface area contributed by atoms with Crippen LogP contribution in [0.5, 0.6) is 0 Å². The lowest BCUT2D eigenvalue weighted by Gasteiger charge is -1.99. The van der Waals surface area contributed by atoms with E-state index in [1.807, 2.05) is 0 Å². The highest BCUT2D eigenvalue weighted by Crippen LogP contribution is 2.07. The molecule has 1 aromatic rings. The van der Waals surface area contributed by atoms with Crippen LogP contribution in [-0.2, 0) is 0 Å². The first kappa shape index (κ1) is 11.3. The summed E-state index contributed by atoms with van der Waals surface area (Å²) in [5.41, 5.74) is -0.0788. The molecule has 1 amide bonds. The Morgan fingerprint density at radius 2 is 2.27 bits per heavy atom. The number of hydrogen-bond acceptors (Lipinski definition) is 3. The fraction of sp³-hybridized carbons (Fsp3) is 0.111. The Labute approximate surface area is 90.3 Å². The van der Waals surface area contributed by atoms with E-state index in [1.165, 1.54) is 0 Å². The van der Waals surface area contributed by atoms with E-state index in [4.69, 9.17) is 21.1 Å². The Morgan fingerprint density at radius 1 is 1.60 bits per heavy atom. The molecule has 15 heavy (non-hydrogen) atoms. The third-order valence-corrected chi connectivity index (χ3v) is 1.64. The zero-order valence-electron chi connectivity index (χ0n) is 7.62. The number of carbonyl (C=O) groups excluding carboxylic acids is 1. The van der Waals surface area contributed by atoms with Gasteiger partial charge >= 0.3 is 5.97 Å². The number of hydrogen-bond donors (Lipinski definition) is 2. The summed E-state index contributed by atoms with van der Waals surface area (Å²) < 4.78 is 4.75. The lowest BCUT2D eigenvalue weighted by Crippen LogP contribution is -2.23. The quantitative estimate of drug-likeness (QED) is 0.819. The molecule has 1 heterocycles. The Bertz CT molecular complexity index is 410. The Hall–Kier alpha value is -1.75. The number of aromatic carboxylic acids is 1. The summed E-state index contributed by atoms with van der Waals surface area (Å²) in [6.07, 6.45) is 0.993. The van der Waals surface area contributed by atoms with Crippen molar-refractivity contribution < 1.29 is 19.1 Å². The van der Waals surface area contributed by atoms with E-state index in [2.05, 4.69) is 11.9 Å². The molecule has 6 heteroatoms. The molecule has 0 aliphatic heterocycles. The average Bonchev–Trinajstić information content (AvgIpc) is 2.62. The maximum atomic E-state index is 11.3. The molecule has 0 aliphatic rings. The Morgan fingerprint density at radius 3 is 2.73 bits per heavy atom. The largest absolute Gasteiger partial charge is 0.478 e. The van der Waals surface area contributed by atoms with E-state index in [0.29, 0.717) is 0 Å². The minimum absolute atomic E-state index is 0.0784. The summed E-state index contributed by atoms with van der Waals surface area (Å²) >= 11 is 5.43. The van der Waals surface area contributed by atoms with Gasteiger partial charge in [-0.05, 0) is 0 Å². The van der Waals surface area contributed by atoms with Crippen LogP contribution in [0.2, 0.25) is 0 Å². The molecule has 0 aromatic carbocycles. The summed E-state index contributed by atoms with van der Waals surface area (Å²) in [4.78, 5) is 21.8. The van der Waals surface area contributed by atoms with E-state index in [1.54, 1.807) is 0 Å². The molecule has 0 radical (unpaired) electrons. The van der Waals surface area contributed by atoms with Gasteiger partial charge < -0.3 is 14.8 Å². The molecule has 0 unspecified atom stereocenters. The SMILES string of the molecule is C=C(Cl)CNC(=O)c1cc(C(=O)O)co1. The second-order valence-corrected chi connectivity index (χ2v) is 3.24. The predicted octanol–water partition coefficient (Wildman–Crippen LogP) is 1.46. The molecule has 1 rings (SSSR count). The van der Waals surface area contributed by atoms with Crippen LogP contribution in [0.3, 0.4) is 0 Å². The number of amides is 1. The first-order valence-corrected chi connectivity index (χ1v) is 4.32. The van der Waals surface area contributed by atoms with Crippen molar-refractivity contribution >= 4 is 23.5 Å². The number of furan rings is 1. The third kappa shape index (κ3) is 3.14. The van der Waals surface area contributed by atoms with Crippen LogP contribution in [0.1, 0.15) is 20.9 Å². The number of halogens is 1. The van der Waals surface area contributed by atoms with E-state index < -0.39 is 11.9 Å². The van der Waals surface area contributed by atoms with Crippen molar-refractivity contribution in [3.63, 3.8) is 0 Å². The van der Waals surface area contributed by atoms with Gasteiger partial charge in [0.1, 0.15) is 6.26 Å². The lowest BCUT2D eigenvalue weighted by atomic mass is 10.3. The first-order chi connectivity index (χ1) is 7.00. The Kier molecular flexibility index (Phi) is 3.51. The number of carboxylic acid groups (broad SMARTS) is 1. The molecular formula is C9H8ClNO4. The number of carbonyl (C=O) groups is 2. The zero-order valence-corrected chi connectivity index (χ0v) is 8.37. The van der Waals surface area contributed by atoms with Crippen molar-refractivity contribution in [3.05, 3.63) is 35.3 Å². The fourth-order valence-corrected chi connectivity index (χ4v) is 0.898. The molecule has 0 saturated carbocycles. The van der Waals surface area contributed by atoms with Crippen LogP contribution in [0.25, 0.3) is 0 Å². The summed E-state index contributed by atoms with van der Waals surface area (Å²) in [6.45, 7) is 3.48. The molecule has 2 N–H and O–H groups in total. The van der Waals surface area contributed by atoms with Crippen molar-refractivity contribution in [1.29, 1.82) is 0 Å². The van der Waals surface area contributed by atoms with Gasteiger partial charge in [-0.1, -0.05) is 18.2 Å². The van der Waals surface area contributed by atoms with E-state index in [9.17, 15) is 9.59 Å². The van der Waals surface area contributed by atoms with Crippen LogP contribution in [0.4, 0.5) is 0 Å². The Balaban J connectivity index is 2.66. The fourth-order valence-electron chi connectivity index (χ4n) is 0.831. The van der Waals surface area contributed by atoms with Crippen molar-refractivity contribution in [2.75, 3.05) is 6.54 Å². The van der Waals surface area contributed by atoms with Gasteiger partial charge in [-0.15, -0.1) is 0 Å². The van der Waals surface area contributed by atoms with Crippen LogP contribution in [0.15, 0.2) is 28.4 Å². The minimum atomic E-state index is -1.15. The molecule has 0 saturated heterocycles. The molecule has 0 fully saturated rings. The van der Waals surface area contributed by atoms with Gasteiger partial charge in [0.05, 0.1) is 12.1 Å². The summed E-state index contributed by atoms with van der Waals surface area (Å²) in [6, 6.07) is 1.13. The van der Waals surface area contributed by atoms with Crippen LogP contribution in [0, 0.1) is 0 Å². The van der Waals surface area contributed by atoms with Gasteiger partial charge in [-0.2, -0.15) is 0 Å². The van der Waals surface area contributed by atoms with Gasteiger partial charge in [-0.25, -0.2) is 4.79 Å². The number of carboxylic acids is 1. The molecule has 0 atom stereocenters. The second kappa shape index (κ2) is 4.65. The maximum absolute atomic E-state index is 11.3.